The molecule has 0 atom stereocenters. The highest BCUT2D eigenvalue weighted by Crippen LogP contribution is 2.28. The number of benzene rings is 1. The third kappa shape index (κ3) is 2.71. The van der Waals surface area contributed by atoms with E-state index in [1.54, 1.807) is 19.1 Å². The molecular formula is C18H11F2N3O3. The predicted octanol–water partition coefficient (Wildman–Crippen LogP) is 4.32. The van der Waals surface area contributed by atoms with Crippen LogP contribution in [0, 0.1) is 18.6 Å². The fourth-order valence-electron chi connectivity index (χ4n) is 2.60. The van der Waals surface area contributed by atoms with Gasteiger partial charge in [0, 0.05) is 11.8 Å². The van der Waals surface area contributed by atoms with Gasteiger partial charge in [-0.2, -0.15) is 0 Å². The zero-order valence-corrected chi connectivity index (χ0v) is 13.4. The van der Waals surface area contributed by atoms with Crippen LogP contribution in [0.5, 0.6) is 0 Å². The maximum absolute atomic E-state index is 13.4. The van der Waals surface area contributed by atoms with Gasteiger partial charge in [-0.05, 0) is 37.3 Å². The molecule has 0 unspecified atom stereocenters. The van der Waals surface area contributed by atoms with Crippen molar-refractivity contribution < 1.29 is 22.5 Å². The van der Waals surface area contributed by atoms with Crippen LogP contribution < -0.4 is 5.32 Å². The maximum atomic E-state index is 13.4. The first-order valence-corrected chi connectivity index (χ1v) is 7.60. The fourth-order valence-corrected chi connectivity index (χ4v) is 2.60. The first-order chi connectivity index (χ1) is 12.5. The highest BCUT2D eigenvalue weighted by atomic mass is 19.2. The molecule has 4 rings (SSSR count). The number of hydrogen-bond donors (Lipinski definition) is 1. The van der Waals surface area contributed by atoms with E-state index in [0.717, 1.165) is 12.1 Å². The molecule has 130 valence electrons. The van der Waals surface area contributed by atoms with Crippen LogP contribution in [0.1, 0.15) is 16.1 Å². The van der Waals surface area contributed by atoms with Gasteiger partial charge in [-0.15, -0.1) is 0 Å². The number of nitrogens with zero attached hydrogens (tertiary/aromatic N) is 2. The van der Waals surface area contributed by atoms with Crippen molar-refractivity contribution >= 4 is 22.7 Å². The molecule has 1 N–H and O–H groups in total. The average Bonchev–Trinajstić information content (AvgIpc) is 3.28. The number of anilines is 1. The molecule has 0 bridgehead atoms. The molecule has 6 nitrogen and oxygen atoms in total. The van der Waals surface area contributed by atoms with E-state index in [9.17, 15) is 13.6 Å². The molecule has 0 fully saturated rings. The topological polar surface area (TPSA) is 81.2 Å². The van der Waals surface area contributed by atoms with Crippen LogP contribution in [0.25, 0.3) is 22.6 Å². The second kappa shape index (κ2) is 6.07. The van der Waals surface area contributed by atoms with E-state index in [4.69, 9.17) is 8.94 Å². The normalized spacial score (nSPS) is 11.0. The van der Waals surface area contributed by atoms with Crippen LogP contribution in [0.2, 0.25) is 0 Å². The Kier molecular flexibility index (Phi) is 3.72. The Morgan fingerprint density at radius 3 is 2.73 bits per heavy atom. The number of aryl methyl sites for hydroxylation is 1. The number of hydrogen-bond acceptors (Lipinski definition) is 5. The second-order valence-corrected chi connectivity index (χ2v) is 5.56. The van der Waals surface area contributed by atoms with Crippen molar-refractivity contribution in [3.8, 4) is 11.5 Å². The fraction of sp³-hybridized carbons (Fsp3) is 0.0556. The monoisotopic (exact) mass is 355 g/mol. The number of rotatable bonds is 3. The number of halogens is 2. The molecule has 1 aromatic carbocycles. The minimum atomic E-state index is -1.06. The third-order valence-corrected chi connectivity index (χ3v) is 3.81. The smallest absolute Gasteiger partial charge is 0.259 e. The van der Waals surface area contributed by atoms with Crippen molar-refractivity contribution in [3.05, 3.63) is 65.6 Å². The van der Waals surface area contributed by atoms with E-state index >= 15 is 0 Å². The minimum Gasteiger partial charge on any atom is -0.463 e. The molecule has 3 heterocycles. The standard InChI is InChI=1S/C18H11F2N3O3/c1-9-16-11(17(24)21-10-4-5-12(19)13(20)7-10)8-14(15-3-2-6-25-15)22-18(16)26-23-9/h2-8H,1H3,(H,21,24). The highest BCUT2D eigenvalue weighted by Gasteiger charge is 2.20. The summed E-state index contributed by atoms with van der Waals surface area (Å²) in [6.45, 7) is 1.68. The maximum Gasteiger partial charge on any atom is 0.259 e. The summed E-state index contributed by atoms with van der Waals surface area (Å²) >= 11 is 0. The molecule has 0 aliphatic heterocycles. The van der Waals surface area contributed by atoms with Gasteiger partial charge in [0.2, 0.25) is 0 Å². The summed E-state index contributed by atoms with van der Waals surface area (Å²) in [6.07, 6.45) is 1.48. The Morgan fingerprint density at radius 2 is 2.00 bits per heavy atom. The summed E-state index contributed by atoms with van der Waals surface area (Å²) in [5, 5.41) is 6.80. The molecule has 0 spiro atoms. The molecular weight excluding hydrogens is 344 g/mol. The first kappa shape index (κ1) is 15.9. The van der Waals surface area contributed by atoms with Gasteiger partial charge in [-0.25, -0.2) is 13.8 Å². The summed E-state index contributed by atoms with van der Waals surface area (Å²) in [5.41, 5.74) is 1.38. The summed E-state index contributed by atoms with van der Waals surface area (Å²) in [6, 6.07) is 8.01. The van der Waals surface area contributed by atoms with E-state index in [1.807, 2.05) is 0 Å². The van der Waals surface area contributed by atoms with Crippen molar-refractivity contribution in [3.63, 3.8) is 0 Å². The lowest BCUT2D eigenvalue weighted by atomic mass is 10.1. The Labute approximate surface area is 145 Å². The van der Waals surface area contributed by atoms with Crippen molar-refractivity contribution in [2.45, 2.75) is 6.92 Å². The summed E-state index contributed by atoms with van der Waals surface area (Å²) in [4.78, 5) is 17.0. The van der Waals surface area contributed by atoms with E-state index in [-0.39, 0.29) is 17.0 Å². The van der Waals surface area contributed by atoms with Gasteiger partial charge >= 0.3 is 0 Å². The molecule has 3 aromatic heterocycles. The largest absolute Gasteiger partial charge is 0.463 e. The zero-order valence-electron chi connectivity index (χ0n) is 13.4. The van der Waals surface area contributed by atoms with Gasteiger partial charge < -0.3 is 14.3 Å². The second-order valence-electron chi connectivity index (χ2n) is 5.56. The van der Waals surface area contributed by atoms with Crippen LogP contribution >= 0.6 is 0 Å². The Balaban J connectivity index is 1.79. The van der Waals surface area contributed by atoms with Gasteiger partial charge in [0.05, 0.1) is 22.9 Å². The minimum absolute atomic E-state index is 0.118. The third-order valence-electron chi connectivity index (χ3n) is 3.81. The number of furan rings is 1. The summed E-state index contributed by atoms with van der Waals surface area (Å²) in [7, 11) is 0. The number of fused-ring (bicyclic) bond motifs is 1. The summed E-state index contributed by atoms with van der Waals surface area (Å²) in [5.74, 6) is -2.14. The van der Waals surface area contributed by atoms with Crippen LogP contribution in [-0.4, -0.2) is 16.0 Å². The van der Waals surface area contributed by atoms with E-state index < -0.39 is 17.5 Å². The Hall–Kier alpha value is -3.55. The van der Waals surface area contributed by atoms with E-state index in [2.05, 4.69) is 15.5 Å². The molecule has 0 saturated heterocycles. The van der Waals surface area contributed by atoms with Crippen LogP contribution in [-0.2, 0) is 0 Å². The number of aromatic nitrogens is 2. The number of carbonyl (C=O) groups is 1. The lowest BCUT2D eigenvalue weighted by Crippen LogP contribution is -2.13. The van der Waals surface area contributed by atoms with Crippen LogP contribution in [0.3, 0.4) is 0 Å². The number of carbonyl (C=O) groups excluding carboxylic acids is 1. The van der Waals surface area contributed by atoms with Crippen molar-refractivity contribution in [2.75, 3.05) is 5.32 Å². The SMILES string of the molecule is Cc1noc2nc(-c3ccco3)cc(C(=O)Nc3ccc(F)c(F)c3)c12. The molecule has 8 heteroatoms. The molecule has 1 amide bonds. The first-order valence-electron chi connectivity index (χ1n) is 7.60. The average molecular weight is 355 g/mol. The lowest BCUT2D eigenvalue weighted by molar-refractivity contribution is 0.102. The molecule has 0 aliphatic carbocycles. The van der Waals surface area contributed by atoms with Crippen molar-refractivity contribution in [1.82, 2.24) is 10.1 Å². The van der Waals surface area contributed by atoms with Crippen molar-refractivity contribution in [1.29, 1.82) is 0 Å². The zero-order chi connectivity index (χ0) is 18.3. The molecule has 0 radical (unpaired) electrons. The van der Waals surface area contributed by atoms with Gasteiger partial charge in [-0.1, -0.05) is 5.16 Å². The number of amides is 1. The van der Waals surface area contributed by atoms with Gasteiger partial charge in [-0.3, -0.25) is 4.79 Å². The molecule has 4 aromatic rings. The molecule has 0 saturated carbocycles. The predicted molar refractivity (Wildman–Crippen MR) is 88.6 cm³/mol. The number of nitrogens with one attached hydrogen (secondary N) is 1. The van der Waals surface area contributed by atoms with Crippen LogP contribution in [0.15, 0.2) is 51.6 Å². The Bertz CT molecular complexity index is 1120. The van der Waals surface area contributed by atoms with Crippen molar-refractivity contribution in [2.24, 2.45) is 0 Å². The highest BCUT2D eigenvalue weighted by molar-refractivity contribution is 6.12. The van der Waals surface area contributed by atoms with Crippen LogP contribution in [0.4, 0.5) is 14.5 Å². The van der Waals surface area contributed by atoms with E-state index in [0.29, 0.717) is 22.5 Å². The van der Waals surface area contributed by atoms with Gasteiger partial charge in [0.1, 0.15) is 5.69 Å². The summed E-state index contributed by atoms with van der Waals surface area (Å²) < 4.78 is 36.9. The molecule has 0 aliphatic rings. The quantitative estimate of drug-likeness (QED) is 0.592. The number of pyridine rings is 1. The Morgan fingerprint density at radius 1 is 1.15 bits per heavy atom. The lowest BCUT2D eigenvalue weighted by Gasteiger charge is -2.08. The van der Waals surface area contributed by atoms with E-state index in [1.165, 1.54) is 18.4 Å². The van der Waals surface area contributed by atoms with Gasteiger partial charge in [0.15, 0.2) is 17.4 Å². The molecule has 26 heavy (non-hydrogen) atoms. The van der Waals surface area contributed by atoms with Gasteiger partial charge in [0.25, 0.3) is 11.6 Å².